The van der Waals surface area contributed by atoms with Gasteiger partial charge in [0.1, 0.15) is 5.71 Å². The Balaban J connectivity index is 2.83. The molecular formula is C11H18N4O3S. The Morgan fingerprint density at radius 3 is 2.84 bits per heavy atom. The highest BCUT2D eigenvalue weighted by atomic mass is 32.2. The van der Waals surface area contributed by atoms with E-state index in [0.717, 1.165) is 0 Å². The van der Waals surface area contributed by atoms with Crippen molar-refractivity contribution in [2.75, 3.05) is 12.8 Å². The van der Waals surface area contributed by atoms with Crippen molar-refractivity contribution in [2.45, 2.75) is 26.3 Å². The minimum absolute atomic E-state index is 0.138. The second kappa shape index (κ2) is 7.03. The quantitative estimate of drug-likeness (QED) is 0.265. The monoisotopic (exact) mass is 286 g/mol. The first-order valence-electron chi connectivity index (χ1n) is 5.84. The first kappa shape index (κ1) is 15.4. The number of nitro groups is 1. The SMILES string of the molecule is CCC(=CC(CN1N=CC=S1C)=NO)C(C)[N+](=O)[O-]. The highest BCUT2D eigenvalue weighted by Gasteiger charge is 2.19. The van der Waals surface area contributed by atoms with Gasteiger partial charge in [-0.25, -0.2) is 4.41 Å². The summed E-state index contributed by atoms with van der Waals surface area (Å²) in [5.41, 5.74) is 0.998. The number of hydrazone groups is 1. The molecule has 2 unspecified atom stereocenters. The van der Waals surface area contributed by atoms with Gasteiger partial charge in [0, 0.05) is 22.8 Å². The Morgan fingerprint density at radius 1 is 1.74 bits per heavy atom. The van der Waals surface area contributed by atoms with Crippen molar-refractivity contribution in [1.82, 2.24) is 4.41 Å². The normalized spacial score (nSPS) is 21.4. The molecule has 0 saturated carbocycles. The van der Waals surface area contributed by atoms with Gasteiger partial charge in [-0.1, -0.05) is 22.7 Å². The molecule has 1 N–H and O–H groups in total. The standard InChI is InChI=1S/C11H18N4O3S/c1-4-10(9(2)15(17)18)7-11(13-16)8-14-12-5-6-19(14)3/h5-7,9,16H,4,8H2,1-3H3. The topological polar surface area (TPSA) is 91.3 Å². The molecule has 1 rings (SSSR count). The van der Waals surface area contributed by atoms with Crippen molar-refractivity contribution in [3.05, 3.63) is 21.8 Å². The first-order valence-corrected chi connectivity index (χ1v) is 7.49. The fourth-order valence-corrected chi connectivity index (χ4v) is 2.50. The lowest BCUT2D eigenvalue weighted by Gasteiger charge is -2.16. The van der Waals surface area contributed by atoms with Crippen LogP contribution in [0.4, 0.5) is 0 Å². The van der Waals surface area contributed by atoms with E-state index in [1.54, 1.807) is 16.7 Å². The van der Waals surface area contributed by atoms with Crippen LogP contribution in [0.1, 0.15) is 20.3 Å². The average Bonchev–Trinajstić information content (AvgIpc) is 2.79. The zero-order valence-corrected chi connectivity index (χ0v) is 12.0. The second-order valence-electron chi connectivity index (χ2n) is 4.06. The van der Waals surface area contributed by atoms with Gasteiger partial charge in [-0.2, -0.15) is 5.10 Å². The van der Waals surface area contributed by atoms with Gasteiger partial charge in [0.2, 0.25) is 6.04 Å². The summed E-state index contributed by atoms with van der Waals surface area (Å²) in [6, 6.07) is -0.782. The van der Waals surface area contributed by atoms with E-state index in [4.69, 9.17) is 5.21 Å². The molecule has 0 bridgehead atoms. The van der Waals surface area contributed by atoms with Gasteiger partial charge in [-0.05, 0) is 18.8 Å². The molecule has 8 heteroatoms. The van der Waals surface area contributed by atoms with Crippen LogP contribution in [0.3, 0.4) is 0 Å². The van der Waals surface area contributed by atoms with E-state index in [1.165, 1.54) is 6.92 Å². The van der Waals surface area contributed by atoms with Crippen LogP contribution < -0.4 is 0 Å². The van der Waals surface area contributed by atoms with Crippen LogP contribution in [-0.4, -0.2) is 50.7 Å². The van der Waals surface area contributed by atoms with Gasteiger partial charge < -0.3 is 5.21 Å². The van der Waals surface area contributed by atoms with Crippen molar-refractivity contribution < 1.29 is 10.1 Å². The average molecular weight is 286 g/mol. The Bertz CT molecular complexity index is 471. The van der Waals surface area contributed by atoms with Crippen molar-refractivity contribution >= 4 is 28.0 Å². The molecule has 0 amide bonds. The lowest BCUT2D eigenvalue weighted by atomic mass is 10.0. The third-order valence-corrected chi connectivity index (χ3v) is 4.23. The summed E-state index contributed by atoms with van der Waals surface area (Å²) in [6.07, 6.45) is 5.81. The van der Waals surface area contributed by atoms with E-state index in [-0.39, 0.29) is 15.6 Å². The molecule has 1 aliphatic rings. The summed E-state index contributed by atoms with van der Waals surface area (Å²) in [5.74, 6) is 0. The number of nitrogens with zero attached hydrogens (tertiary/aromatic N) is 4. The van der Waals surface area contributed by atoms with Gasteiger partial charge in [-0.15, -0.1) is 0 Å². The molecule has 2 atom stereocenters. The Morgan fingerprint density at radius 2 is 2.42 bits per heavy atom. The van der Waals surface area contributed by atoms with Gasteiger partial charge in [0.25, 0.3) is 0 Å². The van der Waals surface area contributed by atoms with Crippen LogP contribution in [0.2, 0.25) is 0 Å². The van der Waals surface area contributed by atoms with Gasteiger partial charge in [0.05, 0.1) is 12.8 Å². The zero-order chi connectivity index (χ0) is 14.4. The molecule has 1 aliphatic heterocycles. The summed E-state index contributed by atoms with van der Waals surface area (Å²) < 4.78 is 1.77. The van der Waals surface area contributed by atoms with Crippen LogP contribution >= 0.6 is 10.7 Å². The molecule has 0 aromatic rings. The van der Waals surface area contributed by atoms with Crippen molar-refractivity contribution in [3.8, 4) is 0 Å². The highest BCUT2D eigenvalue weighted by Crippen LogP contribution is 2.18. The maximum Gasteiger partial charge on any atom is 0.231 e. The molecular weight excluding hydrogens is 268 g/mol. The number of oxime groups is 1. The van der Waals surface area contributed by atoms with E-state index < -0.39 is 6.04 Å². The molecule has 106 valence electrons. The minimum atomic E-state index is -0.782. The van der Waals surface area contributed by atoms with Crippen LogP contribution in [0, 0.1) is 10.1 Å². The summed E-state index contributed by atoms with van der Waals surface area (Å²) in [6.45, 7) is 3.69. The van der Waals surface area contributed by atoms with Gasteiger partial charge in [-0.3, -0.25) is 10.1 Å². The smallest absolute Gasteiger partial charge is 0.231 e. The zero-order valence-electron chi connectivity index (χ0n) is 11.2. The molecule has 0 fully saturated rings. The Hall–Kier alpha value is -1.70. The molecule has 0 saturated heterocycles. The summed E-state index contributed by atoms with van der Waals surface area (Å²) >= 11 is 0. The lowest BCUT2D eigenvalue weighted by Crippen LogP contribution is -2.22. The van der Waals surface area contributed by atoms with Crippen molar-refractivity contribution in [1.29, 1.82) is 0 Å². The number of hydrogen-bond acceptors (Lipinski definition) is 6. The van der Waals surface area contributed by atoms with Crippen LogP contribution in [0.25, 0.3) is 0 Å². The summed E-state index contributed by atoms with van der Waals surface area (Å²) in [7, 11) is -0.138. The van der Waals surface area contributed by atoms with E-state index in [2.05, 4.69) is 10.3 Å². The van der Waals surface area contributed by atoms with Crippen LogP contribution in [-0.2, 0) is 0 Å². The number of hydrogen-bond donors (Lipinski definition) is 1. The fraction of sp³-hybridized carbons (Fsp3) is 0.545. The molecule has 19 heavy (non-hydrogen) atoms. The van der Waals surface area contributed by atoms with Crippen molar-refractivity contribution in [2.24, 2.45) is 10.3 Å². The summed E-state index contributed by atoms with van der Waals surface area (Å²) in [5, 5.41) is 29.1. The Labute approximate surface area is 114 Å². The lowest BCUT2D eigenvalue weighted by molar-refractivity contribution is -0.507. The molecule has 1 heterocycles. The van der Waals surface area contributed by atoms with Gasteiger partial charge in [0.15, 0.2) is 0 Å². The van der Waals surface area contributed by atoms with E-state index >= 15 is 0 Å². The molecule has 0 radical (unpaired) electrons. The second-order valence-corrected chi connectivity index (χ2v) is 5.80. The maximum absolute atomic E-state index is 10.8. The van der Waals surface area contributed by atoms with E-state index in [1.807, 2.05) is 18.5 Å². The maximum atomic E-state index is 10.8. The summed E-state index contributed by atoms with van der Waals surface area (Å²) in [4.78, 5) is 10.4. The third-order valence-electron chi connectivity index (χ3n) is 2.82. The van der Waals surface area contributed by atoms with E-state index in [9.17, 15) is 10.1 Å². The largest absolute Gasteiger partial charge is 0.411 e. The molecule has 0 aromatic carbocycles. The van der Waals surface area contributed by atoms with Crippen LogP contribution in [0.5, 0.6) is 0 Å². The van der Waals surface area contributed by atoms with Crippen LogP contribution in [0.15, 0.2) is 21.9 Å². The fourth-order valence-electron chi connectivity index (χ4n) is 1.59. The molecule has 0 aromatic heterocycles. The van der Waals surface area contributed by atoms with E-state index in [0.29, 0.717) is 24.3 Å². The Kier molecular flexibility index (Phi) is 5.68. The predicted octanol–water partition coefficient (Wildman–Crippen LogP) is 1.74. The molecule has 0 aliphatic carbocycles. The molecule has 0 spiro atoms. The first-order chi connectivity index (χ1) is 8.99. The highest BCUT2D eigenvalue weighted by molar-refractivity contribution is 8.13. The van der Waals surface area contributed by atoms with Gasteiger partial charge >= 0.3 is 0 Å². The predicted molar refractivity (Wildman–Crippen MR) is 78.8 cm³/mol. The molecule has 7 nitrogen and oxygen atoms in total. The third kappa shape index (κ3) is 4.16. The van der Waals surface area contributed by atoms with Crippen molar-refractivity contribution in [3.63, 3.8) is 0 Å². The minimum Gasteiger partial charge on any atom is -0.411 e. The number of rotatable bonds is 6.